The quantitative estimate of drug-likeness (QED) is 0.0713. The molecule has 6 aliphatic carbocycles. The molecule has 0 radical (unpaired) electrons. The van der Waals surface area contributed by atoms with Crippen molar-refractivity contribution >= 4 is 51.9 Å². The lowest BCUT2D eigenvalue weighted by Gasteiger charge is -2.52. The maximum absolute atomic E-state index is 12.9. The molecule has 7 aliphatic rings. The molecule has 0 saturated heterocycles. The Morgan fingerprint density at radius 2 is 1.28 bits per heavy atom. The van der Waals surface area contributed by atoms with Crippen molar-refractivity contribution in [3.05, 3.63) is 57.9 Å². The van der Waals surface area contributed by atoms with Crippen molar-refractivity contribution in [2.45, 2.75) is 148 Å². The van der Waals surface area contributed by atoms with Gasteiger partial charge in [-0.15, -0.1) is 10.2 Å². The van der Waals surface area contributed by atoms with E-state index in [4.69, 9.17) is 48.7 Å². The normalized spacial score (nSPS) is 25.4. The Kier molecular flexibility index (Phi) is 18.6. The van der Waals surface area contributed by atoms with E-state index in [-0.39, 0.29) is 34.2 Å². The molecular weight excluding hydrogens is 894 g/mol. The largest absolute Gasteiger partial charge is 1.00 e. The van der Waals surface area contributed by atoms with E-state index in [0.717, 1.165) is 74.1 Å². The molecule has 2 aromatic carbocycles. The minimum Gasteiger partial charge on any atom is -1.00 e. The minimum atomic E-state index is -0.419. The number of methoxy groups -OCH3 is 2. The molecule has 0 atom stereocenters. The summed E-state index contributed by atoms with van der Waals surface area (Å²) < 4.78 is 18.5. The molecule has 3 aromatic rings. The van der Waals surface area contributed by atoms with E-state index in [1.807, 2.05) is 35.7 Å². The van der Waals surface area contributed by atoms with Gasteiger partial charge in [0.25, 0.3) is 5.91 Å². The van der Waals surface area contributed by atoms with Gasteiger partial charge in [0, 0.05) is 17.0 Å². The number of ether oxygens (including phenoxy) is 2. The monoisotopic (exact) mass is 962 g/mol. The molecule has 2 N–H and O–H groups in total. The molecular formula is C49H70Cl4N6O5. The number of fused-ring (bicyclic) bond motifs is 6. The van der Waals surface area contributed by atoms with E-state index in [1.165, 1.54) is 97.0 Å². The zero-order chi connectivity index (χ0) is 45.3. The summed E-state index contributed by atoms with van der Waals surface area (Å²) in [5, 5.41) is 10.5. The van der Waals surface area contributed by atoms with Gasteiger partial charge in [0.1, 0.15) is 24.6 Å². The molecule has 0 unspecified atom stereocenters. The number of benzene rings is 2. The fraction of sp³-hybridized carbons (Fsp3) is 0.653. The lowest BCUT2D eigenvalue weighted by Crippen LogP contribution is -3.00. The number of nitrogens with one attached hydrogen (secondary N) is 2. The number of hydrogen-bond donors (Lipinski definition) is 2. The van der Waals surface area contributed by atoms with Crippen molar-refractivity contribution in [1.29, 1.82) is 0 Å². The van der Waals surface area contributed by atoms with Crippen LogP contribution in [0.2, 0.25) is 10.0 Å². The highest BCUT2D eigenvalue weighted by atomic mass is 35.5. The summed E-state index contributed by atoms with van der Waals surface area (Å²) >= 11 is 18.3. The number of amidine groups is 1. The second-order valence-corrected chi connectivity index (χ2v) is 20.3. The summed E-state index contributed by atoms with van der Waals surface area (Å²) in [6, 6.07) is 10.4. The van der Waals surface area contributed by atoms with Crippen molar-refractivity contribution in [2.75, 3.05) is 41.4 Å². The average molecular weight is 965 g/mol. The predicted octanol–water partition coefficient (Wildman–Crippen LogP) is 8.77. The first kappa shape index (κ1) is 51.7. The van der Waals surface area contributed by atoms with E-state index in [9.17, 15) is 9.59 Å². The molecule has 6 saturated carbocycles. The van der Waals surface area contributed by atoms with Gasteiger partial charge < -0.3 is 26.3 Å². The molecule has 10 rings (SSSR count). The Morgan fingerprint density at radius 1 is 0.750 bits per heavy atom. The van der Waals surface area contributed by atoms with Crippen LogP contribution in [0.5, 0.6) is 11.5 Å². The van der Waals surface area contributed by atoms with E-state index in [0.29, 0.717) is 33.1 Å². The van der Waals surface area contributed by atoms with E-state index in [1.54, 1.807) is 31.4 Å². The molecule has 4 bridgehead atoms. The van der Waals surface area contributed by atoms with Crippen LogP contribution in [0.4, 0.5) is 0 Å². The number of likely N-dealkylation sites (N-methyl/N-ethyl adjacent to an activating group) is 2. The van der Waals surface area contributed by atoms with Crippen LogP contribution in [0.25, 0.3) is 11.5 Å². The number of amides is 2. The van der Waals surface area contributed by atoms with E-state index in [2.05, 4.69) is 34.9 Å². The van der Waals surface area contributed by atoms with Crippen LogP contribution in [0.15, 0.2) is 40.8 Å². The second-order valence-electron chi connectivity index (χ2n) is 19.1. The van der Waals surface area contributed by atoms with E-state index < -0.39 is 5.91 Å². The van der Waals surface area contributed by atoms with Crippen molar-refractivity contribution in [2.24, 2.45) is 16.2 Å². The molecule has 64 heavy (non-hydrogen) atoms. The maximum atomic E-state index is 12.9. The van der Waals surface area contributed by atoms with Gasteiger partial charge in [0.05, 0.1) is 54.9 Å². The first-order valence-corrected chi connectivity index (χ1v) is 24.5. The van der Waals surface area contributed by atoms with Crippen LogP contribution in [0, 0.1) is 16.2 Å². The number of halogens is 4. The summed E-state index contributed by atoms with van der Waals surface area (Å²) in [6.45, 7) is 6.62. The topological polar surface area (TPSA) is 122 Å². The van der Waals surface area contributed by atoms with Gasteiger partial charge in [-0.1, -0.05) is 75.6 Å². The first-order valence-electron chi connectivity index (χ1n) is 23.3. The zero-order valence-corrected chi connectivity index (χ0v) is 41.9. The standard InChI is InChI=1S/C22H31ClN2O3.C22H29ClN2O2.C5H10ClN2.ClH/c1-3-4-5-8-21-9-12-22(13-10-21,14-11-21)20(27)25-24-19(26)17-7-6-16(28-2)15-18(17)23;1-3-4-5-8-21-9-12-22(13-10-21,14-11-21)20-25-24-19(27-20)17-7-6-16(26-2)15-18(17)23;1-7-3-4-8(2)5(7)6;/h6-7,15H,3-5,8-14H2,1-2H3,(H,24,26)(H,25,27);6-7,15H,3-5,8-14H2,1-2H3;3-4H2,1-2H3;1H/q;;+1;/p-1. The number of nitrogens with zero attached hydrogens (tertiary/aromatic N) is 4. The van der Waals surface area contributed by atoms with Crippen molar-refractivity contribution in [1.82, 2.24) is 25.9 Å². The van der Waals surface area contributed by atoms with Crippen LogP contribution in [-0.2, 0) is 10.2 Å². The third-order valence-electron chi connectivity index (χ3n) is 15.3. The molecule has 2 amide bonds. The zero-order valence-electron chi connectivity index (χ0n) is 38.9. The molecule has 6 fully saturated rings. The van der Waals surface area contributed by atoms with Crippen molar-refractivity contribution in [3.63, 3.8) is 0 Å². The summed E-state index contributed by atoms with van der Waals surface area (Å²) in [6.07, 6.45) is 24.2. The van der Waals surface area contributed by atoms with Gasteiger partial charge >= 0.3 is 5.29 Å². The fourth-order valence-corrected chi connectivity index (χ4v) is 11.4. The van der Waals surface area contributed by atoms with Crippen LogP contribution >= 0.6 is 34.8 Å². The van der Waals surface area contributed by atoms with Crippen molar-refractivity contribution < 1.29 is 40.5 Å². The smallest absolute Gasteiger partial charge is 0.344 e. The summed E-state index contributed by atoms with van der Waals surface area (Å²) in [5.74, 6) is 2.14. The Labute approximate surface area is 402 Å². The lowest BCUT2D eigenvalue weighted by molar-refractivity contribution is -0.484. The number of carbonyl (C=O) groups excluding carboxylic acids is 2. The molecule has 1 aromatic heterocycles. The number of aromatic nitrogens is 2. The van der Waals surface area contributed by atoms with Gasteiger partial charge in [-0.2, -0.15) is 0 Å². The highest BCUT2D eigenvalue weighted by Crippen LogP contribution is 2.60. The first-order chi connectivity index (χ1) is 30.2. The Balaban J connectivity index is 0.000000203. The summed E-state index contributed by atoms with van der Waals surface area (Å²) in [5.41, 5.74) is 7.06. The number of hydrogen-bond acceptors (Lipinski definition) is 8. The number of rotatable bonds is 14. The van der Waals surface area contributed by atoms with Gasteiger partial charge in [0.2, 0.25) is 17.7 Å². The fourth-order valence-electron chi connectivity index (χ4n) is 10.7. The maximum Gasteiger partial charge on any atom is 0.344 e. The number of unbranched alkanes of at least 4 members (excludes halogenated alkanes) is 4. The van der Waals surface area contributed by atoms with Crippen LogP contribution in [0.3, 0.4) is 0 Å². The molecule has 2 heterocycles. The summed E-state index contributed by atoms with van der Waals surface area (Å²) in [4.78, 5) is 27.3. The van der Waals surface area contributed by atoms with Gasteiger partial charge in [-0.3, -0.25) is 29.9 Å². The highest BCUT2D eigenvalue weighted by Gasteiger charge is 2.53. The molecule has 11 nitrogen and oxygen atoms in total. The second kappa shape index (κ2) is 23.0. The molecule has 354 valence electrons. The van der Waals surface area contributed by atoms with Gasteiger partial charge in [-0.05, 0) is 137 Å². The predicted molar refractivity (Wildman–Crippen MR) is 252 cm³/mol. The summed E-state index contributed by atoms with van der Waals surface area (Å²) in [7, 11) is 7.15. The number of hydrazine groups is 1. The minimum absolute atomic E-state index is 0. The van der Waals surface area contributed by atoms with E-state index >= 15 is 0 Å². The Bertz CT molecular complexity index is 2030. The third kappa shape index (κ3) is 12.0. The third-order valence-corrected chi connectivity index (χ3v) is 16.5. The van der Waals surface area contributed by atoms with Gasteiger partial charge in [-0.25, -0.2) is 0 Å². The number of carbonyl (C=O) groups is 2. The van der Waals surface area contributed by atoms with Crippen molar-refractivity contribution in [3.8, 4) is 23.0 Å². The SMILES string of the molecule is CCCCCC12CCC(C(=O)NNC(=O)c3ccc(OC)cc3Cl)(CC1)CC2.CCCCCC12CCC(c3nnc(-c4ccc(OC)cc4Cl)o3)(CC1)CC2.CN1CC[N+](C)=C1Cl.[Cl-]. The van der Waals surface area contributed by atoms with Crippen LogP contribution < -0.4 is 32.7 Å². The lowest BCUT2D eigenvalue weighted by atomic mass is 9.52. The molecule has 15 heteroatoms. The Hall–Kier alpha value is -3.25. The van der Waals surface area contributed by atoms with Gasteiger partial charge in [0.15, 0.2) is 0 Å². The van der Waals surface area contributed by atoms with Crippen LogP contribution in [-0.4, -0.2) is 78.2 Å². The average Bonchev–Trinajstić information content (AvgIpc) is 3.93. The highest BCUT2D eigenvalue weighted by molar-refractivity contribution is 6.63. The Morgan fingerprint density at radius 3 is 1.73 bits per heavy atom. The molecule has 1 aliphatic heterocycles. The molecule has 0 spiro atoms. The van der Waals surface area contributed by atoms with Crippen LogP contribution in [0.1, 0.15) is 159 Å².